The largest absolute Gasteiger partial charge is 0.463 e. The van der Waals surface area contributed by atoms with Crippen molar-refractivity contribution in [1.29, 1.82) is 0 Å². The SMILES string of the molecule is CCc1cc(Br)c(OC(C)OCCOC2CCCC2)c(Br)c1. The predicted molar refractivity (Wildman–Crippen MR) is 95.5 cm³/mol. The molecule has 0 aromatic heterocycles. The fraction of sp³-hybridized carbons (Fsp3) is 0.647. The third-order valence-electron chi connectivity index (χ3n) is 3.84. The lowest BCUT2D eigenvalue weighted by atomic mass is 10.2. The zero-order valence-electron chi connectivity index (χ0n) is 13.2. The van der Waals surface area contributed by atoms with Gasteiger partial charge in [0.2, 0.25) is 0 Å². The maximum Gasteiger partial charge on any atom is 0.197 e. The number of benzene rings is 1. The lowest BCUT2D eigenvalue weighted by Crippen LogP contribution is -2.21. The summed E-state index contributed by atoms with van der Waals surface area (Å²) in [6, 6.07) is 4.16. The molecule has 0 amide bonds. The van der Waals surface area contributed by atoms with Gasteiger partial charge in [-0.15, -0.1) is 0 Å². The molecule has 1 aliphatic carbocycles. The molecule has 0 saturated heterocycles. The second-order valence-corrected chi connectivity index (χ2v) is 7.28. The molecule has 5 heteroatoms. The molecule has 0 bridgehead atoms. The molecule has 0 radical (unpaired) electrons. The van der Waals surface area contributed by atoms with Crippen molar-refractivity contribution in [3.8, 4) is 5.75 Å². The molecule has 0 aliphatic heterocycles. The molecular weight excluding hydrogens is 412 g/mol. The minimum absolute atomic E-state index is 0.313. The van der Waals surface area contributed by atoms with Gasteiger partial charge in [-0.3, -0.25) is 0 Å². The van der Waals surface area contributed by atoms with Gasteiger partial charge in [0, 0.05) is 0 Å². The maximum atomic E-state index is 5.88. The summed E-state index contributed by atoms with van der Waals surface area (Å²) in [5.41, 5.74) is 1.25. The summed E-state index contributed by atoms with van der Waals surface area (Å²) >= 11 is 7.12. The first-order valence-corrected chi connectivity index (χ1v) is 9.56. The standard InChI is InChI=1S/C17H24Br2O3/c1-3-13-10-15(18)17(16(19)11-13)22-12(2)20-8-9-21-14-6-4-5-7-14/h10-12,14H,3-9H2,1-2H3. The first-order valence-electron chi connectivity index (χ1n) is 7.98. The Morgan fingerprint density at radius 3 is 2.36 bits per heavy atom. The van der Waals surface area contributed by atoms with Gasteiger partial charge in [-0.2, -0.15) is 0 Å². The number of halogens is 2. The van der Waals surface area contributed by atoms with Crippen LogP contribution in [0, 0.1) is 0 Å². The lowest BCUT2D eigenvalue weighted by Gasteiger charge is -2.19. The van der Waals surface area contributed by atoms with Crippen LogP contribution in [0.1, 0.15) is 45.1 Å². The van der Waals surface area contributed by atoms with Crippen LogP contribution in [0.5, 0.6) is 5.75 Å². The highest BCUT2D eigenvalue weighted by atomic mass is 79.9. The van der Waals surface area contributed by atoms with Gasteiger partial charge in [0.05, 0.1) is 28.3 Å². The van der Waals surface area contributed by atoms with E-state index in [1.54, 1.807) is 0 Å². The molecule has 3 nitrogen and oxygen atoms in total. The Morgan fingerprint density at radius 1 is 1.14 bits per heavy atom. The van der Waals surface area contributed by atoms with Gasteiger partial charge in [-0.25, -0.2) is 0 Å². The molecule has 1 aliphatic rings. The molecule has 1 fully saturated rings. The van der Waals surface area contributed by atoms with Crippen LogP contribution in [-0.4, -0.2) is 25.6 Å². The second kappa shape index (κ2) is 9.26. The Kier molecular flexibility index (Phi) is 7.68. The Labute approximate surface area is 150 Å². The van der Waals surface area contributed by atoms with Crippen molar-refractivity contribution in [3.05, 3.63) is 26.6 Å². The third kappa shape index (κ3) is 5.52. The van der Waals surface area contributed by atoms with E-state index in [1.807, 2.05) is 6.92 Å². The van der Waals surface area contributed by atoms with Crippen LogP contribution < -0.4 is 4.74 Å². The van der Waals surface area contributed by atoms with Crippen LogP contribution in [0.3, 0.4) is 0 Å². The highest BCUT2D eigenvalue weighted by Gasteiger charge is 2.16. The van der Waals surface area contributed by atoms with Gasteiger partial charge in [0.15, 0.2) is 12.0 Å². The molecule has 1 unspecified atom stereocenters. The quantitative estimate of drug-likeness (QED) is 0.400. The highest BCUT2D eigenvalue weighted by molar-refractivity contribution is 9.11. The van der Waals surface area contributed by atoms with Gasteiger partial charge >= 0.3 is 0 Å². The molecule has 0 heterocycles. The van der Waals surface area contributed by atoms with Gasteiger partial charge in [0.25, 0.3) is 0 Å². The molecule has 1 atom stereocenters. The minimum Gasteiger partial charge on any atom is -0.463 e. The first-order chi connectivity index (χ1) is 10.6. The van der Waals surface area contributed by atoms with Crippen LogP contribution >= 0.6 is 31.9 Å². The van der Waals surface area contributed by atoms with Crippen LogP contribution in [0.15, 0.2) is 21.1 Å². The van der Waals surface area contributed by atoms with Crippen molar-refractivity contribution in [1.82, 2.24) is 0 Å². The van der Waals surface area contributed by atoms with E-state index >= 15 is 0 Å². The summed E-state index contributed by atoms with van der Waals surface area (Å²) in [6.07, 6.45) is 6.08. The summed E-state index contributed by atoms with van der Waals surface area (Å²) < 4.78 is 19.2. The number of rotatable bonds is 8. The van der Waals surface area contributed by atoms with Crippen LogP contribution in [-0.2, 0) is 15.9 Å². The first kappa shape index (κ1) is 18.2. The Bertz CT molecular complexity index is 450. The molecule has 0 N–H and O–H groups in total. The van der Waals surface area contributed by atoms with Gasteiger partial charge < -0.3 is 14.2 Å². The number of hydrogen-bond acceptors (Lipinski definition) is 3. The summed E-state index contributed by atoms with van der Waals surface area (Å²) in [7, 11) is 0. The topological polar surface area (TPSA) is 27.7 Å². The van der Waals surface area contributed by atoms with Crippen LogP contribution in [0.25, 0.3) is 0 Å². The third-order valence-corrected chi connectivity index (χ3v) is 5.02. The number of aryl methyl sites for hydroxylation is 1. The average molecular weight is 436 g/mol. The van der Waals surface area contributed by atoms with E-state index in [4.69, 9.17) is 14.2 Å². The fourth-order valence-electron chi connectivity index (χ4n) is 2.61. The van der Waals surface area contributed by atoms with E-state index in [0.717, 1.165) is 21.1 Å². The number of ether oxygens (including phenoxy) is 3. The molecule has 124 valence electrons. The summed E-state index contributed by atoms with van der Waals surface area (Å²) in [4.78, 5) is 0. The predicted octanol–water partition coefficient (Wildman–Crippen LogP) is 5.47. The molecule has 1 aromatic rings. The van der Waals surface area contributed by atoms with Crippen molar-refractivity contribution in [2.45, 2.75) is 58.3 Å². The Balaban J connectivity index is 1.75. The molecule has 0 spiro atoms. The summed E-state index contributed by atoms with van der Waals surface area (Å²) in [5.74, 6) is 0.779. The second-order valence-electron chi connectivity index (χ2n) is 5.58. The number of hydrogen-bond donors (Lipinski definition) is 0. The van der Waals surface area contributed by atoms with Gasteiger partial charge in [-0.1, -0.05) is 19.8 Å². The zero-order chi connectivity index (χ0) is 15.9. The zero-order valence-corrected chi connectivity index (χ0v) is 16.4. The van der Waals surface area contributed by atoms with Crippen molar-refractivity contribution in [3.63, 3.8) is 0 Å². The summed E-state index contributed by atoms with van der Waals surface area (Å²) in [5, 5.41) is 0. The van der Waals surface area contributed by atoms with Gasteiger partial charge in [-0.05, 0) is 75.7 Å². The maximum absolute atomic E-state index is 5.88. The van der Waals surface area contributed by atoms with Crippen molar-refractivity contribution in [2.24, 2.45) is 0 Å². The van der Waals surface area contributed by atoms with E-state index < -0.39 is 0 Å². The molecule has 22 heavy (non-hydrogen) atoms. The van der Waals surface area contributed by atoms with Crippen molar-refractivity contribution < 1.29 is 14.2 Å². The molecule has 1 aromatic carbocycles. The monoisotopic (exact) mass is 434 g/mol. The van der Waals surface area contributed by atoms with E-state index in [-0.39, 0.29) is 6.29 Å². The van der Waals surface area contributed by atoms with Crippen molar-refractivity contribution in [2.75, 3.05) is 13.2 Å². The fourth-order valence-corrected chi connectivity index (χ4v) is 4.08. The average Bonchev–Trinajstić information content (AvgIpc) is 3.00. The molecular formula is C17H24Br2O3. The van der Waals surface area contributed by atoms with E-state index in [2.05, 4.69) is 50.9 Å². The van der Waals surface area contributed by atoms with Crippen molar-refractivity contribution >= 4 is 31.9 Å². The van der Waals surface area contributed by atoms with E-state index in [9.17, 15) is 0 Å². The van der Waals surface area contributed by atoms with Crippen LogP contribution in [0.4, 0.5) is 0 Å². The van der Waals surface area contributed by atoms with E-state index in [1.165, 1.54) is 31.2 Å². The Morgan fingerprint density at radius 2 is 1.77 bits per heavy atom. The lowest BCUT2D eigenvalue weighted by molar-refractivity contribution is -0.0912. The minimum atomic E-state index is -0.313. The molecule has 2 rings (SSSR count). The Hall–Kier alpha value is -0.100. The normalized spacial score (nSPS) is 16.9. The summed E-state index contributed by atoms with van der Waals surface area (Å²) in [6.45, 7) is 5.22. The van der Waals surface area contributed by atoms with E-state index in [0.29, 0.717) is 19.3 Å². The smallest absolute Gasteiger partial charge is 0.197 e. The highest BCUT2D eigenvalue weighted by Crippen LogP contribution is 2.35. The van der Waals surface area contributed by atoms with Crippen LogP contribution in [0.2, 0.25) is 0 Å². The van der Waals surface area contributed by atoms with Gasteiger partial charge in [0.1, 0.15) is 0 Å². The molecule has 1 saturated carbocycles.